The maximum Gasteiger partial charge on any atom is 0.253 e. The van der Waals surface area contributed by atoms with Gasteiger partial charge in [-0.3, -0.25) is 9.10 Å². The summed E-state index contributed by atoms with van der Waals surface area (Å²) < 4.78 is 30.9. The molecule has 1 aliphatic rings. The molecule has 2 aromatic carbocycles. The van der Waals surface area contributed by atoms with E-state index in [0.29, 0.717) is 30.8 Å². The molecule has 1 saturated heterocycles. The molecule has 1 amide bonds. The second-order valence-corrected chi connectivity index (χ2v) is 8.71. The second-order valence-electron chi connectivity index (χ2n) is 6.29. The third kappa shape index (κ3) is 4.54. The highest BCUT2D eigenvalue weighted by Gasteiger charge is 2.26. The van der Waals surface area contributed by atoms with Gasteiger partial charge in [0.05, 0.1) is 29.1 Å². The number of nitrogens with one attached hydrogen (secondary N) is 1. The van der Waals surface area contributed by atoms with Gasteiger partial charge in [0, 0.05) is 13.1 Å². The molecule has 1 N–H and O–H groups in total. The molecule has 0 atom stereocenters. The Labute approximate surface area is 164 Å². The fourth-order valence-corrected chi connectivity index (χ4v) is 4.84. The summed E-state index contributed by atoms with van der Waals surface area (Å²) in [5, 5.41) is 3.04. The predicted octanol–water partition coefficient (Wildman–Crippen LogP) is 3.21. The van der Waals surface area contributed by atoms with Crippen molar-refractivity contribution in [2.24, 2.45) is 0 Å². The minimum absolute atomic E-state index is 0.134. The monoisotopic (exact) mass is 408 g/mol. The lowest BCUT2D eigenvalue weighted by atomic mass is 10.1. The first-order chi connectivity index (χ1) is 12.9. The number of anilines is 1. The van der Waals surface area contributed by atoms with E-state index in [-0.39, 0.29) is 16.7 Å². The molecule has 3 rings (SSSR count). The second kappa shape index (κ2) is 8.19. The molecule has 2 aromatic rings. The SMILES string of the molecule is COc1ccc(CNC(=O)c2ccc(N3CCCCS3(=O)=O)cc2Cl)cc1. The van der Waals surface area contributed by atoms with Gasteiger partial charge in [0.15, 0.2) is 0 Å². The molecule has 0 unspecified atom stereocenters. The first-order valence-electron chi connectivity index (χ1n) is 8.62. The molecule has 0 spiro atoms. The van der Waals surface area contributed by atoms with Crippen molar-refractivity contribution in [1.29, 1.82) is 0 Å². The van der Waals surface area contributed by atoms with Gasteiger partial charge in [-0.05, 0) is 48.7 Å². The minimum Gasteiger partial charge on any atom is -0.497 e. The Hall–Kier alpha value is -2.25. The number of amides is 1. The summed E-state index contributed by atoms with van der Waals surface area (Å²) in [5.74, 6) is 0.564. The standard InChI is InChI=1S/C19H21ClN2O4S/c1-26-16-7-4-14(5-8-16)13-21-19(23)17-9-6-15(12-18(17)20)22-10-2-3-11-27(22,24)25/h4-9,12H,2-3,10-11,13H2,1H3,(H,21,23). The average Bonchev–Trinajstić information content (AvgIpc) is 2.66. The molecule has 0 radical (unpaired) electrons. The fraction of sp³-hybridized carbons (Fsp3) is 0.316. The van der Waals surface area contributed by atoms with E-state index in [1.54, 1.807) is 19.2 Å². The van der Waals surface area contributed by atoms with E-state index < -0.39 is 10.0 Å². The van der Waals surface area contributed by atoms with Crippen molar-refractivity contribution in [1.82, 2.24) is 5.32 Å². The molecule has 8 heteroatoms. The van der Waals surface area contributed by atoms with Crippen LogP contribution >= 0.6 is 11.6 Å². The number of rotatable bonds is 5. The number of halogens is 1. The number of ether oxygens (including phenoxy) is 1. The van der Waals surface area contributed by atoms with E-state index in [1.165, 1.54) is 10.4 Å². The maximum atomic E-state index is 12.4. The van der Waals surface area contributed by atoms with Crippen LogP contribution < -0.4 is 14.4 Å². The van der Waals surface area contributed by atoms with E-state index in [9.17, 15) is 13.2 Å². The van der Waals surface area contributed by atoms with Gasteiger partial charge in [-0.2, -0.15) is 0 Å². The van der Waals surface area contributed by atoms with Crippen LogP contribution in [0.3, 0.4) is 0 Å². The predicted molar refractivity (Wildman–Crippen MR) is 106 cm³/mol. The molecule has 6 nitrogen and oxygen atoms in total. The van der Waals surface area contributed by atoms with Crippen molar-refractivity contribution < 1.29 is 17.9 Å². The van der Waals surface area contributed by atoms with E-state index in [0.717, 1.165) is 17.7 Å². The van der Waals surface area contributed by atoms with E-state index in [1.807, 2.05) is 24.3 Å². The van der Waals surface area contributed by atoms with Crippen LogP contribution in [0, 0.1) is 0 Å². The summed E-state index contributed by atoms with van der Waals surface area (Å²) in [4.78, 5) is 12.4. The van der Waals surface area contributed by atoms with E-state index in [4.69, 9.17) is 16.3 Å². The number of methoxy groups -OCH3 is 1. The lowest BCUT2D eigenvalue weighted by molar-refractivity contribution is 0.0951. The largest absolute Gasteiger partial charge is 0.497 e. The van der Waals surface area contributed by atoms with Crippen molar-refractivity contribution in [3.05, 3.63) is 58.6 Å². The maximum absolute atomic E-state index is 12.4. The van der Waals surface area contributed by atoms with Gasteiger partial charge in [0.1, 0.15) is 5.75 Å². The smallest absolute Gasteiger partial charge is 0.253 e. The summed E-state index contributed by atoms with van der Waals surface area (Å²) in [7, 11) is -1.72. The van der Waals surface area contributed by atoms with E-state index >= 15 is 0 Å². The fourth-order valence-electron chi connectivity index (χ4n) is 2.94. The summed E-state index contributed by atoms with van der Waals surface area (Å²) in [6, 6.07) is 12.1. The van der Waals surface area contributed by atoms with Crippen molar-refractivity contribution in [3.63, 3.8) is 0 Å². The quantitative estimate of drug-likeness (QED) is 0.824. The Bertz CT molecular complexity index is 929. The number of carbonyl (C=O) groups is 1. The van der Waals surface area contributed by atoms with Crippen LogP contribution in [0.25, 0.3) is 0 Å². The third-order valence-corrected chi connectivity index (χ3v) is 6.63. The average molecular weight is 409 g/mol. The van der Waals surface area contributed by atoms with Crippen molar-refractivity contribution in [3.8, 4) is 5.75 Å². The Kier molecular flexibility index (Phi) is 5.92. The highest BCUT2D eigenvalue weighted by molar-refractivity contribution is 7.92. The van der Waals surface area contributed by atoms with Gasteiger partial charge in [0.25, 0.3) is 5.91 Å². The van der Waals surface area contributed by atoms with Gasteiger partial charge < -0.3 is 10.1 Å². The summed E-state index contributed by atoms with van der Waals surface area (Å²) in [6.45, 7) is 0.781. The zero-order valence-electron chi connectivity index (χ0n) is 14.9. The molecular weight excluding hydrogens is 388 g/mol. The van der Waals surface area contributed by atoms with Gasteiger partial charge in [-0.25, -0.2) is 8.42 Å². The first-order valence-corrected chi connectivity index (χ1v) is 10.6. The zero-order valence-corrected chi connectivity index (χ0v) is 16.5. The number of carbonyl (C=O) groups excluding carboxylic acids is 1. The Morgan fingerprint density at radius 3 is 2.56 bits per heavy atom. The van der Waals surface area contributed by atoms with Gasteiger partial charge >= 0.3 is 0 Å². The summed E-state index contributed by atoms with van der Waals surface area (Å²) >= 11 is 6.26. The number of benzene rings is 2. The van der Waals surface area contributed by atoms with Crippen LogP contribution in [0.5, 0.6) is 5.75 Å². The molecule has 0 bridgehead atoms. The number of hydrogen-bond acceptors (Lipinski definition) is 4. The van der Waals surface area contributed by atoms with Crippen LogP contribution in [-0.2, 0) is 16.6 Å². The highest BCUT2D eigenvalue weighted by atomic mass is 35.5. The van der Waals surface area contributed by atoms with Gasteiger partial charge in [0.2, 0.25) is 10.0 Å². The highest BCUT2D eigenvalue weighted by Crippen LogP contribution is 2.28. The normalized spacial score (nSPS) is 16.0. The summed E-state index contributed by atoms with van der Waals surface area (Å²) in [5.41, 5.74) is 1.73. The number of nitrogens with zero attached hydrogens (tertiary/aromatic N) is 1. The van der Waals surface area contributed by atoms with Crippen molar-refractivity contribution >= 4 is 33.2 Å². The molecule has 1 aliphatic heterocycles. The lowest BCUT2D eigenvalue weighted by Crippen LogP contribution is -2.37. The Morgan fingerprint density at radius 1 is 1.19 bits per heavy atom. The van der Waals surface area contributed by atoms with Crippen LogP contribution in [-0.4, -0.2) is 33.7 Å². The van der Waals surface area contributed by atoms with Gasteiger partial charge in [-0.15, -0.1) is 0 Å². The number of hydrogen-bond donors (Lipinski definition) is 1. The van der Waals surface area contributed by atoms with Crippen LogP contribution in [0.2, 0.25) is 5.02 Å². The molecule has 0 aromatic heterocycles. The molecule has 0 aliphatic carbocycles. The van der Waals surface area contributed by atoms with E-state index in [2.05, 4.69) is 5.32 Å². The number of sulfonamides is 1. The molecular formula is C19H21ClN2O4S. The summed E-state index contributed by atoms with van der Waals surface area (Å²) in [6.07, 6.45) is 1.47. The topological polar surface area (TPSA) is 75.7 Å². The van der Waals surface area contributed by atoms with Crippen molar-refractivity contribution in [2.75, 3.05) is 23.7 Å². The van der Waals surface area contributed by atoms with Crippen LogP contribution in [0.15, 0.2) is 42.5 Å². The van der Waals surface area contributed by atoms with Crippen LogP contribution in [0.4, 0.5) is 5.69 Å². The van der Waals surface area contributed by atoms with Crippen LogP contribution in [0.1, 0.15) is 28.8 Å². The molecule has 1 heterocycles. The lowest BCUT2D eigenvalue weighted by Gasteiger charge is -2.28. The first kappa shape index (κ1) is 19.5. The third-order valence-electron chi connectivity index (χ3n) is 4.45. The molecule has 144 valence electrons. The van der Waals surface area contributed by atoms with Gasteiger partial charge in [-0.1, -0.05) is 23.7 Å². The Balaban J connectivity index is 1.70. The Morgan fingerprint density at radius 2 is 1.93 bits per heavy atom. The van der Waals surface area contributed by atoms with Crippen molar-refractivity contribution in [2.45, 2.75) is 19.4 Å². The molecule has 0 saturated carbocycles. The molecule has 1 fully saturated rings. The zero-order chi connectivity index (χ0) is 19.4. The molecule has 27 heavy (non-hydrogen) atoms. The minimum atomic E-state index is -3.31.